The highest BCUT2D eigenvalue weighted by Crippen LogP contribution is 2.23. The first-order valence-electron chi connectivity index (χ1n) is 6.82. The van der Waals surface area contributed by atoms with E-state index in [9.17, 15) is 9.18 Å². The molecule has 0 radical (unpaired) electrons. The molecule has 1 aromatic heterocycles. The van der Waals surface area contributed by atoms with Gasteiger partial charge in [-0.05, 0) is 33.0 Å². The molecule has 20 heavy (non-hydrogen) atoms. The van der Waals surface area contributed by atoms with E-state index >= 15 is 0 Å². The van der Waals surface area contributed by atoms with Crippen molar-refractivity contribution in [3.63, 3.8) is 0 Å². The van der Waals surface area contributed by atoms with Crippen molar-refractivity contribution in [3.05, 3.63) is 23.6 Å². The first kappa shape index (κ1) is 14.7. The third-order valence-corrected chi connectivity index (χ3v) is 3.57. The quantitative estimate of drug-likeness (QED) is 0.906. The molecule has 1 aliphatic heterocycles. The average molecular weight is 280 g/mol. The number of hydrogen-bond donors (Lipinski definition) is 1. The summed E-state index contributed by atoms with van der Waals surface area (Å²) in [7, 11) is 5.55. The first-order chi connectivity index (χ1) is 9.54. The summed E-state index contributed by atoms with van der Waals surface area (Å²) in [6.07, 6.45) is 3.39. The Bertz CT molecular complexity index is 492. The lowest BCUT2D eigenvalue weighted by molar-refractivity contribution is 0.0711. The molecule has 1 N–H and O–H groups in total. The molecule has 1 saturated heterocycles. The molecule has 1 amide bonds. The Morgan fingerprint density at radius 3 is 3.00 bits per heavy atom. The number of halogens is 1. The molecule has 0 aliphatic carbocycles. The Kier molecular flexibility index (Phi) is 4.54. The molecule has 0 aromatic carbocycles. The highest BCUT2D eigenvalue weighted by Gasteiger charge is 2.31. The number of carbonyl (C=O) groups is 1. The monoisotopic (exact) mass is 280 g/mol. The van der Waals surface area contributed by atoms with Crippen LogP contribution in [0.5, 0.6) is 0 Å². The summed E-state index contributed by atoms with van der Waals surface area (Å²) in [4.78, 5) is 20.2. The minimum Gasteiger partial charge on any atom is -0.371 e. The standard InChI is InChI=1S/C14H21FN4O/c1-16-13-12(15)11(6-7-17-13)14(20)19-8-4-5-10(19)9-18(2)3/h6-7,10H,4-5,8-9H2,1-3H3,(H,16,17). The number of likely N-dealkylation sites (tertiary alicyclic amines) is 1. The number of likely N-dealkylation sites (N-methyl/N-ethyl adjacent to an activating group) is 1. The maximum Gasteiger partial charge on any atom is 0.257 e. The van der Waals surface area contributed by atoms with Crippen LogP contribution in [0.3, 0.4) is 0 Å². The van der Waals surface area contributed by atoms with Crippen molar-refractivity contribution < 1.29 is 9.18 Å². The average Bonchev–Trinajstić information content (AvgIpc) is 2.85. The number of pyridine rings is 1. The molecule has 110 valence electrons. The summed E-state index contributed by atoms with van der Waals surface area (Å²) in [5.74, 6) is -0.708. The molecular formula is C14H21FN4O. The zero-order valence-corrected chi connectivity index (χ0v) is 12.2. The van der Waals surface area contributed by atoms with Crippen LogP contribution < -0.4 is 5.32 Å². The van der Waals surface area contributed by atoms with Crippen molar-refractivity contribution >= 4 is 11.7 Å². The van der Waals surface area contributed by atoms with Gasteiger partial charge in [0, 0.05) is 32.4 Å². The summed E-state index contributed by atoms with van der Waals surface area (Å²) in [5, 5.41) is 2.66. The van der Waals surface area contributed by atoms with E-state index in [1.54, 1.807) is 11.9 Å². The highest BCUT2D eigenvalue weighted by molar-refractivity contribution is 5.95. The Morgan fingerprint density at radius 1 is 1.60 bits per heavy atom. The van der Waals surface area contributed by atoms with E-state index in [0.717, 1.165) is 19.4 Å². The van der Waals surface area contributed by atoms with E-state index in [-0.39, 0.29) is 23.3 Å². The number of hydrogen-bond acceptors (Lipinski definition) is 4. The second-order valence-electron chi connectivity index (χ2n) is 5.33. The van der Waals surface area contributed by atoms with Crippen molar-refractivity contribution in [3.8, 4) is 0 Å². The summed E-state index contributed by atoms with van der Waals surface area (Å²) in [6, 6.07) is 1.60. The number of rotatable bonds is 4. The molecule has 0 bridgehead atoms. The number of anilines is 1. The van der Waals surface area contributed by atoms with E-state index in [0.29, 0.717) is 6.54 Å². The molecule has 0 saturated carbocycles. The zero-order valence-electron chi connectivity index (χ0n) is 12.2. The number of carbonyl (C=O) groups excluding carboxylic acids is 1. The van der Waals surface area contributed by atoms with E-state index in [1.807, 2.05) is 14.1 Å². The maximum atomic E-state index is 14.2. The van der Waals surface area contributed by atoms with E-state index in [2.05, 4.69) is 15.2 Å². The summed E-state index contributed by atoms with van der Waals surface area (Å²) in [6.45, 7) is 1.49. The lowest BCUT2D eigenvalue weighted by atomic mass is 10.1. The lowest BCUT2D eigenvalue weighted by Crippen LogP contribution is -2.41. The maximum absolute atomic E-state index is 14.2. The van der Waals surface area contributed by atoms with Gasteiger partial charge in [-0.3, -0.25) is 4.79 Å². The van der Waals surface area contributed by atoms with Gasteiger partial charge in [-0.2, -0.15) is 0 Å². The molecule has 1 unspecified atom stereocenters. The van der Waals surface area contributed by atoms with Gasteiger partial charge in [0.1, 0.15) is 0 Å². The van der Waals surface area contributed by atoms with Crippen LogP contribution in [0.4, 0.5) is 10.2 Å². The van der Waals surface area contributed by atoms with Gasteiger partial charge in [-0.25, -0.2) is 9.37 Å². The third-order valence-electron chi connectivity index (χ3n) is 3.57. The SMILES string of the molecule is CNc1nccc(C(=O)N2CCCC2CN(C)C)c1F. The van der Waals surface area contributed by atoms with Crippen LogP contribution in [0, 0.1) is 5.82 Å². The van der Waals surface area contributed by atoms with Gasteiger partial charge in [0.15, 0.2) is 11.6 Å². The molecule has 2 rings (SSSR count). The number of nitrogens with one attached hydrogen (secondary N) is 1. The van der Waals surface area contributed by atoms with Crippen molar-refractivity contribution in [1.29, 1.82) is 0 Å². The molecule has 2 heterocycles. The van der Waals surface area contributed by atoms with Gasteiger partial charge in [-0.1, -0.05) is 0 Å². The highest BCUT2D eigenvalue weighted by atomic mass is 19.1. The van der Waals surface area contributed by atoms with Crippen LogP contribution in [0.25, 0.3) is 0 Å². The Hall–Kier alpha value is -1.69. The molecule has 1 aliphatic rings. The summed E-state index contributed by atoms with van der Waals surface area (Å²) >= 11 is 0. The largest absolute Gasteiger partial charge is 0.371 e. The first-order valence-corrected chi connectivity index (χ1v) is 6.82. The fourth-order valence-corrected chi connectivity index (χ4v) is 2.65. The number of aromatic nitrogens is 1. The van der Waals surface area contributed by atoms with Crippen LogP contribution in [0.15, 0.2) is 12.3 Å². The van der Waals surface area contributed by atoms with Gasteiger partial charge in [0.05, 0.1) is 5.56 Å². The summed E-state index contributed by atoms with van der Waals surface area (Å²) < 4.78 is 14.2. The molecule has 0 spiro atoms. The molecule has 5 nitrogen and oxygen atoms in total. The second kappa shape index (κ2) is 6.17. The molecule has 1 atom stereocenters. The predicted molar refractivity (Wildman–Crippen MR) is 76.4 cm³/mol. The van der Waals surface area contributed by atoms with Crippen LogP contribution in [-0.4, -0.2) is 61.0 Å². The van der Waals surface area contributed by atoms with Crippen molar-refractivity contribution in [2.75, 3.05) is 39.5 Å². The lowest BCUT2D eigenvalue weighted by Gasteiger charge is -2.27. The Balaban J connectivity index is 2.22. The molecular weight excluding hydrogens is 259 g/mol. The number of nitrogens with zero attached hydrogens (tertiary/aromatic N) is 3. The van der Waals surface area contributed by atoms with E-state index in [1.165, 1.54) is 12.3 Å². The topological polar surface area (TPSA) is 48.5 Å². The van der Waals surface area contributed by atoms with Crippen LogP contribution >= 0.6 is 0 Å². The fourth-order valence-electron chi connectivity index (χ4n) is 2.65. The normalized spacial score (nSPS) is 18.6. The smallest absolute Gasteiger partial charge is 0.257 e. The molecule has 1 fully saturated rings. The minimum absolute atomic E-state index is 0.0926. The van der Waals surface area contributed by atoms with Crippen molar-refractivity contribution in [2.24, 2.45) is 0 Å². The zero-order chi connectivity index (χ0) is 14.7. The molecule has 1 aromatic rings. The Labute approximate surface area is 118 Å². The summed E-state index contributed by atoms with van der Waals surface area (Å²) in [5.41, 5.74) is 0.0926. The van der Waals surface area contributed by atoms with Crippen LogP contribution in [0.1, 0.15) is 23.2 Å². The second-order valence-corrected chi connectivity index (χ2v) is 5.33. The Morgan fingerprint density at radius 2 is 2.35 bits per heavy atom. The van der Waals surface area contributed by atoms with Crippen LogP contribution in [-0.2, 0) is 0 Å². The van der Waals surface area contributed by atoms with Gasteiger partial charge in [0.2, 0.25) is 0 Å². The van der Waals surface area contributed by atoms with E-state index < -0.39 is 5.82 Å². The van der Waals surface area contributed by atoms with Gasteiger partial charge in [0.25, 0.3) is 5.91 Å². The molecule has 6 heteroatoms. The van der Waals surface area contributed by atoms with Gasteiger partial charge in [-0.15, -0.1) is 0 Å². The third kappa shape index (κ3) is 2.90. The van der Waals surface area contributed by atoms with Crippen molar-refractivity contribution in [2.45, 2.75) is 18.9 Å². The fraction of sp³-hybridized carbons (Fsp3) is 0.571. The number of amides is 1. The van der Waals surface area contributed by atoms with Crippen molar-refractivity contribution in [1.82, 2.24) is 14.8 Å². The van der Waals surface area contributed by atoms with E-state index in [4.69, 9.17) is 0 Å². The van der Waals surface area contributed by atoms with Crippen LogP contribution in [0.2, 0.25) is 0 Å². The minimum atomic E-state index is -0.574. The van der Waals surface area contributed by atoms with Gasteiger partial charge >= 0.3 is 0 Å². The predicted octanol–water partition coefficient (Wildman–Crippen LogP) is 1.43. The van der Waals surface area contributed by atoms with Gasteiger partial charge < -0.3 is 15.1 Å².